The molecular weight excluding hydrogens is 265 g/mol. The number of rotatable bonds is 6. The molecule has 0 bridgehead atoms. The summed E-state index contributed by atoms with van der Waals surface area (Å²) in [6.07, 6.45) is -1.02. The maximum Gasteiger partial charge on any atom is 0.313 e. The van der Waals surface area contributed by atoms with E-state index in [1.807, 2.05) is 0 Å². The molecule has 2 atom stereocenters. The first-order chi connectivity index (χ1) is 7.93. The highest BCUT2D eigenvalue weighted by Gasteiger charge is 2.18. The lowest BCUT2D eigenvalue weighted by Gasteiger charge is -2.18. The van der Waals surface area contributed by atoms with Gasteiger partial charge < -0.3 is 14.4 Å². The standard InChI is InChI=1S/C10H15ClNO4P/c1-15-10(13)7-12-17(2,14)16-9-5-3-8(11)4-6-9/h3-6,10,13H,7H2,1-2H3,(H,12,14). The topological polar surface area (TPSA) is 67.8 Å². The summed E-state index contributed by atoms with van der Waals surface area (Å²) in [5.41, 5.74) is 0. The van der Waals surface area contributed by atoms with Crippen LogP contribution in [0.1, 0.15) is 0 Å². The Hall–Kier alpha value is -0.580. The fraction of sp³-hybridized carbons (Fsp3) is 0.400. The van der Waals surface area contributed by atoms with Gasteiger partial charge in [-0.05, 0) is 24.3 Å². The van der Waals surface area contributed by atoms with E-state index in [0.29, 0.717) is 10.8 Å². The second-order valence-electron chi connectivity index (χ2n) is 3.44. The van der Waals surface area contributed by atoms with Gasteiger partial charge in [0.05, 0.1) is 6.54 Å². The van der Waals surface area contributed by atoms with Crippen LogP contribution in [0.4, 0.5) is 0 Å². The Labute approximate surface area is 105 Å². The maximum atomic E-state index is 12.0. The molecule has 0 saturated carbocycles. The maximum absolute atomic E-state index is 12.0. The number of halogens is 1. The number of aliphatic hydroxyl groups is 1. The molecule has 5 nitrogen and oxygen atoms in total. The molecule has 96 valence electrons. The van der Waals surface area contributed by atoms with Crippen LogP contribution < -0.4 is 9.61 Å². The van der Waals surface area contributed by atoms with Gasteiger partial charge in [-0.15, -0.1) is 0 Å². The van der Waals surface area contributed by atoms with E-state index in [4.69, 9.17) is 21.2 Å². The molecule has 2 N–H and O–H groups in total. The second kappa shape index (κ2) is 6.38. The zero-order valence-electron chi connectivity index (χ0n) is 9.59. The van der Waals surface area contributed by atoms with Crippen molar-refractivity contribution in [2.75, 3.05) is 20.3 Å². The fourth-order valence-corrected chi connectivity index (χ4v) is 2.26. The van der Waals surface area contributed by atoms with Gasteiger partial charge in [-0.1, -0.05) is 11.6 Å². The van der Waals surface area contributed by atoms with Gasteiger partial charge in [-0.25, -0.2) is 5.09 Å². The molecule has 0 aromatic heterocycles. The minimum absolute atomic E-state index is 0.0257. The number of benzene rings is 1. The Balaban J connectivity index is 2.54. The molecule has 0 radical (unpaired) electrons. The Morgan fingerprint density at radius 2 is 2.06 bits per heavy atom. The van der Waals surface area contributed by atoms with Crippen LogP contribution in [0.15, 0.2) is 24.3 Å². The number of hydrogen-bond acceptors (Lipinski definition) is 4. The van der Waals surface area contributed by atoms with Crippen molar-refractivity contribution < 1.29 is 18.9 Å². The van der Waals surface area contributed by atoms with Crippen LogP contribution in [0.25, 0.3) is 0 Å². The summed E-state index contributed by atoms with van der Waals surface area (Å²) in [6.45, 7) is 1.45. The number of aliphatic hydroxyl groups excluding tert-OH is 1. The lowest BCUT2D eigenvalue weighted by atomic mass is 10.3. The summed E-state index contributed by atoms with van der Waals surface area (Å²) in [5.74, 6) is 0.444. The van der Waals surface area contributed by atoms with E-state index >= 15 is 0 Å². The molecule has 2 unspecified atom stereocenters. The monoisotopic (exact) mass is 279 g/mol. The van der Waals surface area contributed by atoms with Crippen LogP contribution in [0.3, 0.4) is 0 Å². The summed E-state index contributed by atoms with van der Waals surface area (Å²) < 4.78 is 21.8. The zero-order chi connectivity index (χ0) is 12.9. The normalized spacial score (nSPS) is 16.2. The van der Waals surface area contributed by atoms with Gasteiger partial charge in [0.25, 0.3) is 0 Å². The van der Waals surface area contributed by atoms with E-state index in [9.17, 15) is 4.57 Å². The zero-order valence-corrected chi connectivity index (χ0v) is 11.2. The quantitative estimate of drug-likeness (QED) is 0.616. The first kappa shape index (κ1) is 14.5. The molecule has 1 rings (SSSR count). The first-order valence-electron chi connectivity index (χ1n) is 4.91. The van der Waals surface area contributed by atoms with Gasteiger partial charge in [-0.2, -0.15) is 0 Å². The van der Waals surface area contributed by atoms with Crippen LogP contribution >= 0.6 is 19.1 Å². The van der Waals surface area contributed by atoms with Gasteiger partial charge in [0.15, 0.2) is 6.29 Å². The average molecular weight is 280 g/mol. The van der Waals surface area contributed by atoms with Crippen molar-refractivity contribution in [3.05, 3.63) is 29.3 Å². The van der Waals surface area contributed by atoms with Crippen LogP contribution in [0, 0.1) is 0 Å². The Kier molecular flexibility index (Phi) is 5.43. The smallest absolute Gasteiger partial charge is 0.313 e. The highest BCUT2D eigenvalue weighted by atomic mass is 35.5. The molecule has 0 fully saturated rings. The SMILES string of the molecule is COC(O)CNP(C)(=O)Oc1ccc(Cl)cc1. The summed E-state index contributed by atoms with van der Waals surface area (Å²) in [7, 11) is -1.68. The molecule has 7 heteroatoms. The second-order valence-corrected chi connectivity index (χ2v) is 6.07. The van der Waals surface area contributed by atoms with Crippen LogP contribution in [-0.4, -0.2) is 31.7 Å². The number of ether oxygens (including phenoxy) is 1. The van der Waals surface area contributed by atoms with E-state index in [2.05, 4.69) is 9.82 Å². The molecule has 1 aromatic carbocycles. The third-order valence-corrected chi connectivity index (χ3v) is 3.49. The van der Waals surface area contributed by atoms with Crippen LogP contribution in [0.2, 0.25) is 5.02 Å². The third kappa shape index (κ3) is 5.52. The third-order valence-electron chi connectivity index (χ3n) is 1.92. The van der Waals surface area contributed by atoms with E-state index in [-0.39, 0.29) is 6.54 Å². The predicted molar refractivity (Wildman–Crippen MR) is 66.6 cm³/mol. The summed E-state index contributed by atoms with van der Waals surface area (Å²) in [5, 5.41) is 12.3. The minimum Gasteiger partial charge on any atom is -0.433 e. The van der Waals surface area contributed by atoms with Crippen molar-refractivity contribution in [1.29, 1.82) is 0 Å². The van der Waals surface area contributed by atoms with Crippen LogP contribution in [-0.2, 0) is 9.30 Å². The Morgan fingerprint density at radius 1 is 1.47 bits per heavy atom. The number of methoxy groups -OCH3 is 1. The average Bonchev–Trinajstić information content (AvgIpc) is 2.29. The van der Waals surface area contributed by atoms with Crippen molar-refractivity contribution in [3.8, 4) is 5.75 Å². The molecule has 0 saturated heterocycles. The van der Waals surface area contributed by atoms with E-state index < -0.39 is 13.8 Å². The number of hydrogen-bond donors (Lipinski definition) is 2. The van der Waals surface area contributed by atoms with Crippen molar-refractivity contribution in [1.82, 2.24) is 5.09 Å². The van der Waals surface area contributed by atoms with Crippen molar-refractivity contribution in [2.24, 2.45) is 0 Å². The Morgan fingerprint density at radius 3 is 2.59 bits per heavy atom. The largest absolute Gasteiger partial charge is 0.433 e. The molecule has 0 aliphatic carbocycles. The lowest BCUT2D eigenvalue weighted by molar-refractivity contribution is -0.0680. The van der Waals surface area contributed by atoms with E-state index in [0.717, 1.165) is 0 Å². The van der Waals surface area contributed by atoms with Gasteiger partial charge in [0.2, 0.25) is 0 Å². The molecule has 17 heavy (non-hydrogen) atoms. The molecule has 0 aliphatic rings. The highest BCUT2D eigenvalue weighted by Crippen LogP contribution is 2.38. The molecule has 1 aromatic rings. The van der Waals surface area contributed by atoms with Crippen molar-refractivity contribution in [2.45, 2.75) is 6.29 Å². The summed E-state index contributed by atoms with van der Waals surface area (Å²) in [6, 6.07) is 6.52. The van der Waals surface area contributed by atoms with E-state index in [1.165, 1.54) is 13.8 Å². The molecule has 0 spiro atoms. The molecular formula is C10H15ClNO4P. The van der Waals surface area contributed by atoms with Gasteiger partial charge >= 0.3 is 7.52 Å². The van der Waals surface area contributed by atoms with Gasteiger partial charge in [0, 0.05) is 18.8 Å². The van der Waals surface area contributed by atoms with Crippen molar-refractivity contribution >= 4 is 19.1 Å². The predicted octanol–water partition coefficient (Wildman–Crippen LogP) is 2.10. The number of nitrogens with one attached hydrogen (secondary N) is 1. The summed E-state index contributed by atoms with van der Waals surface area (Å²) in [4.78, 5) is 0. The van der Waals surface area contributed by atoms with Crippen LogP contribution in [0.5, 0.6) is 5.75 Å². The molecule has 0 amide bonds. The fourth-order valence-electron chi connectivity index (χ4n) is 1.06. The molecule has 0 aliphatic heterocycles. The van der Waals surface area contributed by atoms with Gasteiger partial charge in [0.1, 0.15) is 5.75 Å². The minimum atomic E-state index is -3.03. The Bertz CT molecular complexity index is 398. The van der Waals surface area contributed by atoms with Gasteiger partial charge in [-0.3, -0.25) is 4.57 Å². The van der Waals surface area contributed by atoms with Crippen molar-refractivity contribution in [3.63, 3.8) is 0 Å². The molecule has 0 heterocycles. The highest BCUT2D eigenvalue weighted by molar-refractivity contribution is 7.56. The first-order valence-corrected chi connectivity index (χ1v) is 7.36. The van der Waals surface area contributed by atoms with E-state index in [1.54, 1.807) is 24.3 Å². The summed E-state index contributed by atoms with van der Waals surface area (Å²) >= 11 is 5.71. The lowest BCUT2D eigenvalue weighted by Crippen LogP contribution is -2.27.